The second-order valence-electron chi connectivity index (χ2n) is 5.95. The fraction of sp³-hybridized carbons (Fsp3) is 0.263. The summed E-state index contributed by atoms with van der Waals surface area (Å²) in [5.74, 6) is -1.75. The molecule has 0 aliphatic rings. The average Bonchev–Trinajstić information content (AvgIpc) is 2.61. The Kier molecular flexibility index (Phi) is 6.48. The van der Waals surface area contributed by atoms with Crippen molar-refractivity contribution in [3.63, 3.8) is 0 Å². The lowest BCUT2D eigenvalue weighted by Gasteiger charge is -2.10. The quantitative estimate of drug-likeness (QED) is 0.429. The van der Waals surface area contributed by atoms with Crippen LogP contribution < -0.4 is 17.0 Å². The third-order valence-electron chi connectivity index (χ3n) is 3.77. The predicted molar refractivity (Wildman–Crippen MR) is 102 cm³/mol. The van der Waals surface area contributed by atoms with E-state index in [0.717, 1.165) is 15.7 Å². The number of nitrogen functional groups attached to an aromatic ring is 1. The van der Waals surface area contributed by atoms with Crippen LogP contribution in [0.5, 0.6) is 0 Å². The third kappa shape index (κ3) is 5.04. The zero-order valence-corrected chi connectivity index (χ0v) is 15.2. The van der Waals surface area contributed by atoms with E-state index in [1.165, 1.54) is 6.08 Å². The number of hydrogen-bond acceptors (Lipinski definition) is 6. The maximum Gasteiger partial charge on any atom is 0.331 e. The molecule has 0 aliphatic heterocycles. The lowest BCUT2D eigenvalue weighted by molar-refractivity contribution is -0.136. The number of Topliss-reactive ketones (excluding diaryl/α,β-unsaturated/α-hetero) is 1. The van der Waals surface area contributed by atoms with E-state index in [0.29, 0.717) is 6.42 Å². The first-order valence-electron chi connectivity index (χ1n) is 8.40. The third-order valence-corrected chi connectivity index (χ3v) is 3.77. The summed E-state index contributed by atoms with van der Waals surface area (Å²) in [5, 5.41) is 0. The number of nitrogens with zero attached hydrogens (tertiary/aromatic N) is 1. The summed E-state index contributed by atoms with van der Waals surface area (Å²) in [6.45, 7) is 3.34. The van der Waals surface area contributed by atoms with Crippen LogP contribution in [0.25, 0.3) is 6.08 Å². The van der Waals surface area contributed by atoms with Gasteiger partial charge in [-0.1, -0.05) is 36.8 Å². The van der Waals surface area contributed by atoms with Crippen LogP contribution in [0.2, 0.25) is 0 Å². The molecule has 0 fully saturated rings. The van der Waals surface area contributed by atoms with Gasteiger partial charge in [-0.3, -0.25) is 19.1 Å². The number of benzene rings is 1. The Morgan fingerprint density at radius 2 is 2.04 bits per heavy atom. The Morgan fingerprint density at radius 3 is 2.70 bits per heavy atom. The molecular formula is C19H21N3O5. The van der Waals surface area contributed by atoms with Crippen molar-refractivity contribution in [1.82, 2.24) is 9.55 Å². The predicted octanol–water partition coefficient (Wildman–Crippen LogP) is 1.28. The number of rotatable bonds is 7. The lowest BCUT2D eigenvalue weighted by Crippen LogP contribution is -2.37. The number of ketones is 1. The highest BCUT2D eigenvalue weighted by molar-refractivity contribution is 6.01. The number of aryl methyl sites for hydroxylation is 1. The monoisotopic (exact) mass is 371 g/mol. The van der Waals surface area contributed by atoms with Crippen molar-refractivity contribution < 1.29 is 14.3 Å². The summed E-state index contributed by atoms with van der Waals surface area (Å²) in [4.78, 5) is 49.8. The van der Waals surface area contributed by atoms with Gasteiger partial charge in [-0.25, -0.2) is 9.59 Å². The molecule has 0 bridgehead atoms. The molecule has 0 saturated heterocycles. The SMILES string of the molecule is CCCn1c(N)c(C(=O)COC(=O)/C=C/c2cccc(C)c2)c(=O)[nH]c1=O. The zero-order chi connectivity index (χ0) is 20.0. The maximum absolute atomic E-state index is 12.3. The second kappa shape index (κ2) is 8.79. The molecule has 27 heavy (non-hydrogen) atoms. The van der Waals surface area contributed by atoms with Crippen LogP contribution >= 0.6 is 0 Å². The molecule has 2 aromatic rings. The molecule has 142 valence electrons. The molecule has 0 radical (unpaired) electrons. The van der Waals surface area contributed by atoms with Gasteiger partial charge in [0.1, 0.15) is 11.4 Å². The zero-order valence-electron chi connectivity index (χ0n) is 15.2. The number of nitrogens with one attached hydrogen (secondary N) is 1. The van der Waals surface area contributed by atoms with Crippen LogP contribution in [0.4, 0.5) is 5.82 Å². The van der Waals surface area contributed by atoms with Gasteiger partial charge in [0.2, 0.25) is 5.78 Å². The van der Waals surface area contributed by atoms with Crippen molar-refractivity contribution in [3.8, 4) is 0 Å². The van der Waals surface area contributed by atoms with Crippen molar-refractivity contribution in [1.29, 1.82) is 0 Å². The average molecular weight is 371 g/mol. The van der Waals surface area contributed by atoms with E-state index in [2.05, 4.69) is 4.98 Å². The number of esters is 1. The Bertz CT molecular complexity index is 1000. The summed E-state index contributed by atoms with van der Waals surface area (Å²) in [5.41, 5.74) is 5.67. The molecule has 2 rings (SSSR count). The number of carbonyl (C=O) groups is 2. The molecule has 1 aromatic heterocycles. The first kappa shape index (κ1) is 19.9. The number of aromatic amines is 1. The smallest absolute Gasteiger partial charge is 0.331 e. The summed E-state index contributed by atoms with van der Waals surface area (Å²) in [6.07, 6.45) is 3.33. The Morgan fingerprint density at radius 1 is 1.30 bits per heavy atom. The van der Waals surface area contributed by atoms with E-state index in [1.807, 2.05) is 38.1 Å². The van der Waals surface area contributed by atoms with Gasteiger partial charge in [0, 0.05) is 12.6 Å². The molecule has 0 atom stereocenters. The highest BCUT2D eigenvalue weighted by Gasteiger charge is 2.20. The van der Waals surface area contributed by atoms with Gasteiger partial charge in [0.15, 0.2) is 6.61 Å². The first-order valence-corrected chi connectivity index (χ1v) is 8.40. The van der Waals surface area contributed by atoms with Gasteiger partial charge >= 0.3 is 11.7 Å². The van der Waals surface area contributed by atoms with Crippen LogP contribution in [0.15, 0.2) is 39.9 Å². The first-order chi connectivity index (χ1) is 12.8. The molecule has 1 aromatic carbocycles. The van der Waals surface area contributed by atoms with Crippen molar-refractivity contribution in [2.24, 2.45) is 0 Å². The van der Waals surface area contributed by atoms with Crippen LogP contribution in [0, 0.1) is 6.92 Å². The van der Waals surface area contributed by atoms with Gasteiger partial charge in [-0.15, -0.1) is 0 Å². The lowest BCUT2D eigenvalue weighted by atomic mass is 10.1. The van der Waals surface area contributed by atoms with Crippen molar-refractivity contribution in [3.05, 3.63) is 67.9 Å². The molecule has 3 N–H and O–H groups in total. The van der Waals surface area contributed by atoms with Gasteiger partial charge in [-0.05, 0) is 25.0 Å². The molecule has 8 heteroatoms. The standard InChI is InChI=1S/C19H21N3O5/c1-3-9-22-17(20)16(18(25)21-19(22)26)14(23)11-27-15(24)8-7-13-6-4-5-12(2)10-13/h4-8,10H,3,9,11,20H2,1-2H3,(H,21,25,26)/b8-7+. The van der Waals surface area contributed by atoms with Crippen LogP contribution in [0.1, 0.15) is 34.8 Å². The maximum atomic E-state index is 12.3. The Labute approximate surface area is 155 Å². The second-order valence-corrected chi connectivity index (χ2v) is 5.95. The van der Waals surface area contributed by atoms with E-state index in [9.17, 15) is 19.2 Å². The molecule has 1 heterocycles. The van der Waals surface area contributed by atoms with Gasteiger partial charge < -0.3 is 10.5 Å². The number of ether oxygens (including phenoxy) is 1. The number of anilines is 1. The molecule has 0 aliphatic carbocycles. The molecule has 0 spiro atoms. The Hall–Kier alpha value is -3.42. The minimum Gasteiger partial charge on any atom is -0.454 e. The molecule has 0 unspecified atom stereocenters. The van der Waals surface area contributed by atoms with Crippen LogP contribution in [-0.2, 0) is 16.1 Å². The summed E-state index contributed by atoms with van der Waals surface area (Å²) < 4.78 is 5.98. The molecular weight excluding hydrogens is 350 g/mol. The van der Waals surface area contributed by atoms with Gasteiger partial charge in [0.05, 0.1) is 0 Å². The fourth-order valence-electron chi connectivity index (χ4n) is 2.50. The highest BCUT2D eigenvalue weighted by Crippen LogP contribution is 2.08. The van der Waals surface area contributed by atoms with Crippen LogP contribution in [-0.4, -0.2) is 27.9 Å². The van der Waals surface area contributed by atoms with Crippen molar-refractivity contribution in [2.45, 2.75) is 26.8 Å². The topological polar surface area (TPSA) is 124 Å². The fourth-order valence-corrected chi connectivity index (χ4v) is 2.50. The number of hydrogen-bond donors (Lipinski definition) is 2. The Balaban J connectivity index is 2.09. The van der Waals surface area contributed by atoms with E-state index >= 15 is 0 Å². The molecule has 8 nitrogen and oxygen atoms in total. The summed E-state index contributed by atoms with van der Waals surface area (Å²) in [6, 6.07) is 7.48. The number of aromatic nitrogens is 2. The minimum absolute atomic E-state index is 0.234. The molecule has 0 saturated carbocycles. The van der Waals surface area contributed by atoms with Gasteiger partial charge in [-0.2, -0.15) is 0 Å². The van der Waals surface area contributed by atoms with E-state index in [-0.39, 0.29) is 12.4 Å². The highest BCUT2D eigenvalue weighted by atomic mass is 16.5. The molecule has 0 amide bonds. The van der Waals surface area contributed by atoms with Crippen molar-refractivity contribution in [2.75, 3.05) is 12.3 Å². The largest absolute Gasteiger partial charge is 0.454 e. The van der Waals surface area contributed by atoms with Crippen molar-refractivity contribution >= 4 is 23.6 Å². The van der Waals surface area contributed by atoms with Crippen LogP contribution in [0.3, 0.4) is 0 Å². The normalized spacial score (nSPS) is 10.9. The van der Waals surface area contributed by atoms with Gasteiger partial charge in [0.25, 0.3) is 5.56 Å². The number of carbonyl (C=O) groups excluding carboxylic acids is 2. The van der Waals surface area contributed by atoms with E-state index in [4.69, 9.17) is 10.5 Å². The van der Waals surface area contributed by atoms with E-state index in [1.54, 1.807) is 6.08 Å². The summed E-state index contributed by atoms with van der Waals surface area (Å²) in [7, 11) is 0. The minimum atomic E-state index is -0.902. The number of nitrogens with two attached hydrogens (primary N) is 1. The van der Waals surface area contributed by atoms with E-state index < -0.39 is 35.2 Å². The summed E-state index contributed by atoms with van der Waals surface area (Å²) >= 11 is 0. The number of H-pyrrole nitrogens is 1.